The van der Waals surface area contributed by atoms with Gasteiger partial charge >= 0.3 is 0 Å². The Morgan fingerprint density at radius 2 is 1.88 bits per heavy atom. The summed E-state index contributed by atoms with van der Waals surface area (Å²) in [7, 11) is 0. The summed E-state index contributed by atoms with van der Waals surface area (Å²) in [5.41, 5.74) is 4.36. The molecule has 2 heteroatoms. The van der Waals surface area contributed by atoms with Crippen LogP contribution in [0.5, 0.6) is 0 Å². The first-order chi connectivity index (χ1) is 8.36. The molecule has 0 amide bonds. The summed E-state index contributed by atoms with van der Waals surface area (Å²) in [5, 5.41) is 1.13. The lowest BCUT2D eigenvalue weighted by Crippen LogP contribution is -1.81. The number of nitrogens with one attached hydrogen (secondary N) is 1. The maximum Gasteiger partial charge on any atom is 0.137 e. The highest BCUT2D eigenvalue weighted by Gasteiger charge is 2.01. The molecule has 0 aliphatic rings. The van der Waals surface area contributed by atoms with E-state index < -0.39 is 0 Å². The highest BCUT2D eigenvalue weighted by molar-refractivity contribution is 5.81. The van der Waals surface area contributed by atoms with Crippen LogP contribution in [0.1, 0.15) is 5.56 Å². The standard InChI is InChI=1S/C15H12N2/c1-2-11-3-5-12(6-4-11)14-9-13-7-8-16-15(13)17-10-14/h2-10H,1H2,(H,16,17). The summed E-state index contributed by atoms with van der Waals surface area (Å²) in [6.07, 6.45) is 5.64. The molecule has 0 fully saturated rings. The van der Waals surface area contributed by atoms with E-state index in [1.807, 2.05) is 24.5 Å². The fraction of sp³-hybridized carbons (Fsp3) is 0. The second-order valence-electron chi connectivity index (χ2n) is 3.97. The SMILES string of the molecule is C=Cc1ccc(-c2cnc3[nH]ccc3c2)cc1. The number of fused-ring (bicyclic) bond motifs is 1. The summed E-state index contributed by atoms with van der Waals surface area (Å²) >= 11 is 0. The van der Waals surface area contributed by atoms with Gasteiger partial charge in [0.15, 0.2) is 0 Å². The second kappa shape index (κ2) is 3.91. The van der Waals surface area contributed by atoms with Gasteiger partial charge in [-0.3, -0.25) is 0 Å². The van der Waals surface area contributed by atoms with Gasteiger partial charge in [-0.05, 0) is 23.3 Å². The molecular weight excluding hydrogens is 208 g/mol. The van der Waals surface area contributed by atoms with Gasteiger partial charge in [-0.15, -0.1) is 0 Å². The minimum Gasteiger partial charge on any atom is -0.346 e. The van der Waals surface area contributed by atoms with Gasteiger partial charge in [-0.1, -0.05) is 36.9 Å². The van der Waals surface area contributed by atoms with Crippen LogP contribution in [0.4, 0.5) is 0 Å². The van der Waals surface area contributed by atoms with Crippen LogP contribution < -0.4 is 0 Å². The van der Waals surface area contributed by atoms with Crippen molar-refractivity contribution in [2.24, 2.45) is 0 Å². The van der Waals surface area contributed by atoms with Gasteiger partial charge in [0.2, 0.25) is 0 Å². The minimum atomic E-state index is 0.927. The highest BCUT2D eigenvalue weighted by atomic mass is 14.8. The van der Waals surface area contributed by atoms with Crippen LogP contribution in [0.2, 0.25) is 0 Å². The number of hydrogen-bond acceptors (Lipinski definition) is 1. The lowest BCUT2D eigenvalue weighted by atomic mass is 10.0. The second-order valence-corrected chi connectivity index (χ2v) is 3.97. The smallest absolute Gasteiger partial charge is 0.137 e. The van der Waals surface area contributed by atoms with Crippen LogP contribution in [-0.4, -0.2) is 9.97 Å². The van der Waals surface area contributed by atoms with Gasteiger partial charge in [0.05, 0.1) is 0 Å². The third-order valence-electron chi connectivity index (χ3n) is 2.88. The van der Waals surface area contributed by atoms with E-state index in [1.165, 1.54) is 5.56 Å². The minimum absolute atomic E-state index is 0.927. The van der Waals surface area contributed by atoms with E-state index in [0.717, 1.165) is 22.2 Å². The van der Waals surface area contributed by atoms with Crippen LogP contribution in [-0.2, 0) is 0 Å². The van der Waals surface area contributed by atoms with Crippen molar-refractivity contribution < 1.29 is 0 Å². The lowest BCUT2D eigenvalue weighted by molar-refractivity contribution is 1.32. The zero-order chi connectivity index (χ0) is 11.7. The molecule has 0 atom stereocenters. The first kappa shape index (κ1) is 9.85. The number of aromatic nitrogens is 2. The van der Waals surface area contributed by atoms with E-state index in [2.05, 4.69) is 46.9 Å². The van der Waals surface area contributed by atoms with Crippen LogP contribution in [0, 0.1) is 0 Å². The molecule has 0 saturated carbocycles. The number of nitrogens with zero attached hydrogens (tertiary/aromatic N) is 1. The van der Waals surface area contributed by atoms with Crippen molar-refractivity contribution in [3.8, 4) is 11.1 Å². The molecule has 0 aliphatic carbocycles. The number of pyridine rings is 1. The molecule has 0 unspecified atom stereocenters. The molecule has 2 heterocycles. The maximum absolute atomic E-state index is 4.38. The van der Waals surface area contributed by atoms with E-state index >= 15 is 0 Å². The molecule has 3 aromatic rings. The molecule has 2 aromatic heterocycles. The van der Waals surface area contributed by atoms with Gasteiger partial charge < -0.3 is 4.98 Å². The Labute approximate surface area is 99.6 Å². The van der Waals surface area contributed by atoms with Crippen molar-refractivity contribution in [1.29, 1.82) is 0 Å². The molecule has 1 N–H and O–H groups in total. The lowest BCUT2D eigenvalue weighted by Gasteiger charge is -2.02. The number of hydrogen-bond donors (Lipinski definition) is 1. The monoisotopic (exact) mass is 220 g/mol. The Kier molecular flexibility index (Phi) is 2.26. The van der Waals surface area contributed by atoms with E-state index in [4.69, 9.17) is 0 Å². The molecule has 0 bridgehead atoms. The maximum atomic E-state index is 4.38. The molecule has 3 rings (SSSR count). The van der Waals surface area contributed by atoms with Gasteiger partial charge in [0.25, 0.3) is 0 Å². The van der Waals surface area contributed by atoms with Gasteiger partial charge in [-0.2, -0.15) is 0 Å². The third kappa shape index (κ3) is 1.74. The summed E-state index contributed by atoms with van der Waals surface area (Å²) < 4.78 is 0. The molecule has 0 spiro atoms. The Morgan fingerprint density at radius 3 is 2.65 bits per heavy atom. The van der Waals surface area contributed by atoms with Crippen LogP contribution in [0.25, 0.3) is 28.2 Å². The predicted molar refractivity (Wildman–Crippen MR) is 71.6 cm³/mol. The first-order valence-corrected chi connectivity index (χ1v) is 5.53. The molecular formula is C15H12N2. The molecule has 0 saturated heterocycles. The summed E-state index contributed by atoms with van der Waals surface area (Å²) in [6, 6.07) is 12.5. The predicted octanol–water partition coefficient (Wildman–Crippen LogP) is 3.87. The van der Waals surface area contributed by atoms with Crippen molar-refractivity contribution in [3.05, 3.63) is 60.9 Å². The normalized spacial score (nSPS) is 10.6. The van der Waals surface area contributed by atoms with Gasteiger partial charge in [-0.25, -0.2) is 4.98 Å². The van der Waals surface area contributed by atoms with Crippen LogP contribution >= 0.6 is 0 Å². The molecule has 1 aromatic carbocycles. The van der Waals surface area contributed by atoms with Crippen molar-refractivity contribution in [2.45, 2.75) is 0 Å². The number of H-pyrrole nitrogens is 1. The molecule has 17 heavy (non-hydrogen) atoms. The Balaban J connectivity index is 2.09. The van der Waals surface area contributed by atoms with Gasteiger partial charge in [0, 0.05) is 23.3 Å². The van der Waals surface area contributed by atoms with Crippen molar-refractivity contribution in [1.82, 2.24) is 9.97 Å². The average molecular weight is 220 g/mol. The summed E-state index contributed by atoms with van der Waals surface area (Å²) in [4.78, 5) is 7.48. The molecule has 2 nitrogen and oxygen atoms in total. The summed E-state index contributed by atoms with van der Waals surface area (Å²) in [5.74, 6) is 0. The number of benzene rings is 1. The van der Waals surface area contributed by atoms with E-state index in [9.17, 15) is 0 Å². The largest absolute Gasteiger partial charge is 0.346 e. The number of rotatable bonds is 2. The Bertz CT molecular complexity index is 663. The topological polar surface area (TPSA) is 28.7 Å². The zero-order valence-electron chi connectivity index (χ0n) is 9.35. The first-order valence-electron chi connectivity index (χ1n) is 5.53. The van der Waals surface area contributed by atoms with Crippen molar-refractivity contribution >= 4 is 17.1 Å². The van der Waals surface area contributed by atoms with E-state index in [1.54, 1.807) is 0 Å². The fourth-order valence-electron chi connectivity index (χ4n) is 1.91. The number of aromatic amines is 1. The van der Waals surface area contributed by atoms with Crippen LogP contribution in [0.3, 0.4) is 0 Å². The molecule has 0 aliphatic heterocycles. The Morgan fingerprint density at radius 1 is 1.06 bits per heavy atom. The molecule has 82 valence electrons. The summed E-state index contributed by atoms with van der Waals surface area (Å²) in [6.45, 7) is 3.75. The fourth-order valence-corrected chi connectivity index (χ4v) is 1.91. The Hall–Kier alpha value is -2.35. The van der Waals surface area contributed by atoms with Crippen molar-refractivity contribution in [3.63, 3.8) is 0 Å². The van der Waals surface area contributed by atoms with Gasteiger partial charge in [0.1, 0.15) is 5.65 Å². The van der Waals surface area contributed by atoms with Crippen molar-refractivity contribution in [2.75, 3.05) is 0 Å². The van der Waals surface area contributed by atoms with Crippen LogP contribution in [0.15, 0.2) is 55.4 Å². The van der Waals surface area contributed by atoms with E-state index in [-0.39, 0.29) is 0 Å². The quantitative estimate of drug-likeness (QED) is 0.697. The average Bonchev–Trinajstić information content (AvgIpc) is 2.86. The van der Waals surface area contributed by atoms with E-state index in [0.29, 0.717) is 0 Å². The zero-order valence-corrected chi connectivity index (χ0v) is 9.35. The third-order valence-corrected chi connectivity index (χ3v) is 2.88. The highest BCUT2D eigenvalue weighted by Crippen LogP contribution is 2.22. The molecule has 0 radical (unpaired) electrons.